The SMILES string of the molecule is COc1nn(C(C)C(=O)NCCN2CCOCC2)cc1[N+](=O)[O-]. The number of nitrogens with zero attached hydrogens (tertiary/aromatic N) is 4. The molecule has 0 aliphatic carbocycles. The van der Waals surface area contributed by atoms with E-state index >= 15 is 0 Å². The van der Waals surface area contributed by atoms with E-state index in [1.54, 1.807) is 6.92 Å². The molecule has 0 saturated carbocycles. The van der Waals surface area contributed by atoms with Crippen LogP contribution in [0.4, 0.5) is 5.69 Å². The number of carbonyl (C=O) groups is 1. The maximum atomic E-state index is 12.1. The van der Waals surface area contributed by atoms with Gasteiger partial charge in [0.1, 0.15) is 12.2 Å². The number of methoxy groups -OCH3 is 1. The molecule has 2 heterocycles. The third kappa shape index (κ3) is 4.39. The lowest BCUT2D eigenvalue weighted by atomic mass is 10.3. The van der Waals surface area contributed by atoms with Gasteiger partial charge < -0.3 is 14.8 Å². The minimum Gasteiger partial charge on any atom is -0.475 e. The zero-order chi connectivity index (χ0) is 16.8. The predicted molar refractivity (Wildman–Crippen MR) is 80.4 cm³/mol. The van der Waals surface area contributed by atoms with Crippen LogP contribution in [0.15, 0.2) is 6.20 Å². The van der Waals surface area contributed by atoms with Gasteiger partial charge in [0.05, 0.1) is 25.2 Å². The molecular weight excluding hydrogens is 306 g/mol. The first-order valence-corrected chi connectivity index (χ1v) is 7.38. The third-order valence-corrected chi connectivity index (χ3v) is 3.68. The molecule has 1 aromatic heterocycles. The number of ether oxygens (including phenoxy) is 2. The van der Waals surface area contributed by atoms with Gasteiger partial charge in [-0.05, 0) is 6.92 Å². The summed E-state index contributed by atoms with van der Waals surface area (Å²) in [4.78, 5) is 24.6. The molecule has 1 unspecified atom stereocenters. The summed E-state index contributed by atoms with van der Waals surface area (Å²) >= 11 is 0. The fourth-order valence-electron chi connectivity index (χ4n) is 2.26. The summed E-state index contributed by atoms with van der Waals surface area (Å²) in [5, 5.41) is 17.6. The largest absolute Gasteiger partial charge is 0.475 e. The lowest BCUT2D eigenvalue weighted by Crippen LogP contribution is -2.42. The van der Waals surface area contributed by atoms with Gasteiger partial charge in [0.25, 0.3) is 0 Å². The highest BCUT2D eigenvalue weighted by molar-refractivity contribution is 5.79. The molecule has 2 rings (SSSR count). The summed E-state index contributed by atoms with van der Waals surface area (Å²) in [6.45, 7) is 6.00. The van der Waals surface area contributed by atoms with E-state index in [0.29, 0.717) is 19.8 Å². The number of hydrogen-bond donors (Lipinski definition) is 1. The number of nitrogens with one attached hydrogen (secondary N) is 1. The molecule has 0 bridgehead atoms. The van der Waals surface area contributed by atoms with E-state index in [-0.39, 0.29) is 17.5 Å². The van der Waals surface area contributed by atoms with Gasteiger partial charge in [0, 0.05) is 26.2 Å². The number of amides is 1. The van der Waals surface area contributed by atoms with Crippen LogP contribution in [0.2, 0.25) is 0 Å². The average molecular weight is 327 g/mol. The molecule has 23 heavy (non-hydrogen) atoms. The second-order valence-corrected chi connectivity index (χ2v) is 5.18. The molecule has 1 amide bonds. The Morgan fingerprint density at radius 3 is 2.83 bits per heavy atom. The zero-order valence-electron chi connectivity index (χ0n) is 13.2. The normalized spacial score (nSPS) is 16.8. The molecule has 1 aliphatic heterocycles. The Hall–Kier alpha value is -2.20. The first kappa shape index (κ1) is 17.2. The van der Waals surface area contributed by atoms with E-state index in [0.717, 1.165) is 19.6 Å². The van der Waals surface area contributed by atoms with Crippen LogP contribution in [0.1, 0.15) is 13.0 Å². The van der Waals surface area contributed by atoms with Crippen molar-refractivity contribution >= 4 is 11.6 Å². The topological polar surface area (TPSA) is 112 Å². The van der Waals surface area contributed by atoms with Crippen LogP contribution in [0.3, 0.4) is 0 Å². The maximum Gasteiger partial charge on any atom is 0.350 e. The summed E-state index contributed by atoms with van der Waals surface area (Å²) < 4.78 is 11.4. The Morgan fingerprint density at radius 2 is 2.26 bits per heavy atom. The van der Waals surface area contributed by atoms with Gasteiger partial charge in [-0.2, -0.15) is 0 Å². The second kappa shape index (κ2) is 7.88. The van der Waals surface area contributed by atoms with Gasteiger partial charge in [0.15, 0.2) is 0 Å². The molecule has 0 spiro atoms. The average Bonchev–Trinajstić information content (AvgIpc) is 2.99. The van der Waals surface area contributed by atoms with Crippen molar-refractivity contribution in [3.63, 3.8) is 0 Å². The number of rotatable bonds is 7. The number of nitro groups is 1. The summed E-state index contributed by atoms with van der Waals surface area (Å²) in [6.07, 6.45) is 1.20. The van der Waals surface area contributed by atoms with E-state index in [4.69, 9.17) is 9.47 Å². The van der Waals surface area contributed by atoms with Crippen LogP contribution in [-0.4, -0.2) is 72.0 Å². The molecule has 1 saturated heterocycles. The molecule has 0 aromatic carbocycles. The molecule has 1 aromatic rings. The predicted octanol–water partition coefficient (Wildman–Crippen LogP) is -0.191. The maximum absolute atomic E-state index is 12.1. The van der Waals surface area contributed by atoms with Gasteiger partial charge >= 0.3 is 11.6 Å². The summed E-state index contributed by atoms with van der Waals surface area (Å²) in [5.41, 5.74) is -0.263. The van der Waals surface area contributed by atoms with Crippen molar-refractivity contribution in [2.75, 3.05) is 46.5 Å². The van der Waals surface area contributed by atoms with Crippen molar-refractivity contribution in [2.24, 2.45) is 0 Å². The Balaban J connectivity index is 1.87. The van der Waals surface area contributed by atoms with Crippen LogP contribution in [0.5, 0.6) is 5.88 Å². The molecule has 128 valence electrons. The summed E-state index contributed by atoms with van der Waals surface area (Å²) in [7, 11) is 1.30. The van der Waals surface area contributed by atoms with Gasteiger partial charge in [-0.15, -0.1) is 5.10 Å². The third-order valence-electron chi connectivity index (χ3n) is 3.68. The molecule has 10 heteroatoms. The highest BCUT2D eigenvalue weighted by Crippen LogP contribution is 2.25. The van der Waals surface area contributed by atoms with Gasteiger partial charge in [-0.25, -0.2) is 4.68 Å². The summed E-state index contributed by atoms with van der Waals surface area (Å²) in [6, 6.07) is -0.665. The number of hydrogen-bond acceptors (Lipinski definition) is 7. The molecule has 1 aliphatic rings. The van der Waals surface area contributed by atoms with E-state index in [1.807, 2.05) is 0 Å². The highest BCUT2D eigenvalue weighted by atomic mass is 16.6. The van der Waals surface area contributed by atoms with Crippen molar-refractivity contribution < 1.29 is 19.2 Å². The molecule has 1 atom stereocenters. The smallest absolute Gasteiger partial charge is 0.350 e. The fourth-order valence-corrected chi connectivity index (χ4v) is 2.26. The van der Waals surface area contributed by atoms with E-state index < -0.39 is 11.0 Å². The minimum atomic E-state index is -0.665. The first-order chi connectivity index (χ1) is 11.0. The van der Waals surface area contributed by atoms with E-state index in [1.165, 1.54) is 18.0 Å². The molecule has 0 radical (unpaired) electrons. The molecular formula is C13H21N5O5. The number of aromatic nitrogens is 2. The van der Waals surface area contributed by atoms with Crippen LogP contribution in [0.25, 0.3) is 0 Å². The lowest BCUT2D eigenvalue weighted by molar-refractivity contribution is -0.385. The lowest BCUT2D eigenvalue weighted by Gasteiger charge is -2.26. The van der Waals surface area contributed by atoms with Crippen molar-refractivity contribution in [2.45, 2.75) is 13.0 Å². The van der Waals surface area contributed by atoms with Crippen LogP contribution >= 0.6 is 0 Å². The van der Waals surface area contributed by atoms with Gasteiger partial charge in [-0.1, -0.05) is 0 Å². The number of carbonyl (C=O) groups excluding carboxylic acids is 1. The number of morpholine rings is 1. The Kier molecular flexibility index (Phi) is 5.88. The van der Waals surface area contributed by atoms with Crippen LogP contribution in [-0.2, 0) is 9.53 Å². The Labute approximate surface area is 133 Å². The quantitative estimate of drug-likeness (QED) is 0.545. The van der Waals surface area contributed by atoms with Gasteiger partial charge in [-0.3, -0.25) is 19.8 Å². The highest BCUT2D eigenvalue weighted by Gasteiger charge is 2.25. The Bertz CT molecular complexity index is 555. The fraction of sp³-hybridized carbons (Fsp3) is 0.692. The summed E-state index contributed by atoms with van der Waals surface area (Å²) in [5.74, 6) is -0.360. The Morgan fingerprint density at radius 1 is 1.57 bits per heavy atom. The monoisotopic (exact) mass is 327 g/mol. The van der Waals surface area contributed by atoms with Crippen molar-refractivity contribution in [3.8, 4) is 5.88 Å². The molecule has 10 nitrogen and oxygen atoms in total. The first-order valence-electron chi connectivity index (χ1n) is 7.38. The van der Waals surface area contributed by atoms with E-state index in [2.05, 4.69) is 15.3 Å². The van der Waals surface area contributed by atoms with Crippen molar-refractivity contribution in [1.29, 1.82) is 0 Å². The van der Waals surface area contributed by atoms with Crippen molar-refractivity contribution in [3.05, 3.63) is 16.3 Å². The second-order valence-electron chi connectivity index (χ2n) is 5.18. The zero-order valence-corrected chi connectivity index (χ0v) is 13.2. The van der Waals surface area contributed by atoms with Crippen LogP contribution in [0, 0.1) is 10.1 Å². The molecule has 1 fully saturated rings. The van der Waals surface area contributed by atoms with Crippen LogP contribution < -0.4 is 10.1 Å². The van der Waals surface area contributed by atoms with E-state index in [9.17, 15) is 14.9 Å². The van der Waals surface area contributed by atoms with Crippen molar-refractivity contribution in [1.82, 2.24) is 20.0 Å². The minimum absolute atomic E-state index is 0.108. The van der Waals surface area contributed by atoms with Gasteiger partial charge in [0.2, 0.25) is 5.91 Å². The standard InChI is InChI=1S/C13H21N5O5/c1-10(17-9-11(18(20)21)13(15-17)22-2)12(19)14-3-4-16-5-7-23-8-6-16/h9-10H,3-8H2,1-2H3,(H,14,19). The molecule has 1 N–H and O–H groups in total.